The van der Waals surface area contributed by atoms with E-state index in [2.05, 4.69) is 140 Å². The van der Waals surface area contributed by atoms with Gasteiger partial charge in [0.2, 0.25) is 0 Å². The highest BCUT2D eigenvalue weighted by molar-refractivity contribution is 7.25. The lowest BCUT2D eigenvalue weighted by atomic mass is 9.91. The summed E-state index contributed by atoms with van der Waals surface area (Å²) in [5.74, 6) is 2.15. The highest BCUT2D eigenvalue weighted by atomic mass is 32.1. The number of thiophene rings is 1. The monoisotopic (exact) mass is 749 g/mol. The molecule has 12 rings (SSSR count). The lowest BCUT2D eigenvalue weighted by Gasteiger charge is -2.15. The Hall–Kier alpha value is -7.15. The Morgan fingerprint density at radius 1 is 0.474 bits per heavy atom. The molecule has 0 saturated carbocycles. The van der Waals surface area contributed by atoms with Gasteiger partial charge in [-0.05, 0) is 65.6 Å². The van der Waals surface area contributed by atoms with Crippen LogP contribution in [0.2, 0.25) is 0 Å². The van der Waals surface area contributed by atoms with Gasteiger partial charge in [-0.25, -0.2) is 15.0 Å². The van der Waals surface area contributed by atoms with Gasteiger partial charge in [0.05, 0.1) is 0 Å². The van der Waals surface area contributed by atoms with Gasteiger partial charge in [0.1, 0.15) is 22.3 Å². The SMILES string of the molecule is C1=CCC(c2ccc(-c3nc(-c4ccc5c(c4)sc4ccccc45)nc(-c4c(-c5cccc6oc7ccccc7c56)ccc5oc6ccccc6c45)n3)cc2)C=C1. The molecule has 0 saturated heterocycles. The number of hydrogen-bond donors (Lipinski definition) is 0. The van der Waals surface area contributed by atoms with Crippen molar-refractivity contribution in [2.75, 3.05) is 0 Å². The fraction of sp³-hybridized carbons (Fsp3) is 0.0392. The van der Waals surface area contributed by atoms with Crippen molar-refractivity contribution in [3.05, 3.63) is 175 Å². The molecular formula is C51H31N3O2S. The molecule has 1 unspecified atom stereocenters. The molecule has 0 spiro atoms. The Morgan fingerprint density at radius 2 is 1.12 bits per heavy atom. The van der Waals surface area contributed by atoms with Crippen molar-refractivity contribution < 1.29 is 8.83 Å². The van der Waals surface area contributed by atoms with E-state index >= 15 is 0 Å². The first kappa shape index (κ1) is 32.1. The third-order valence-corrected chi connectivity index (χ3v) is 12.4. The molecule has 0 bridgehead atoms. The minimum atomic E-state index is 0.345. The van der Waals surface area contributed by atoms with Crippen molar-refractivity contribution in [1.29, 1.82) is 0 Å². The van der Waals surface area contributed by atoms with Gasteiger partial charge in [0.15, 0.2) is 17.5 Å². The van der Waals surface area contributed by atoms with E-state index in [9.17, 15) is 0 Å². The first-order valence-corrected chi connectivity index (χ1v) is 20.0. The summed E-state index contributed by atoms with van der Waals surface area (Å²) in [5, 5.41) is 6.56. The summed E-state index contributed by atoms with van der Waals surface area (Å²) in [6.45, 7) is 0. The van der Waals surface area contributed by atoms with Gasteiger partial charge in [-0.3, -0.25) is 0 Å². The van der Waals surface area contributed by atoms with E-state index in [1.807, 2.05) is 30.3 Å². The van der Waals surface area contributed by atoms with Crippen LogP contribution in [0.25, 0.3) is 109 Å². The third-order valence-electron chi connectivity index (χ3n) is 11.3. The van der Waals surface area contributed by atoms with Crippen molar-refractivity contribution >= 4 is 75.4 Å². The van der Waals surface area contributed by atoms with Crippen LogP contribution >= 0.6 is 11.3 Å². The third kappa shape index (κ3) is 5.18. The van der Waals surface area contributed by atoms with E-state index in [1.165, 1.54) is 25.7 Å². The van der Waals surface area contributed by atoms with E-state index < -0.39 is 0 Å². The summed E-state index contributed by atoms with van der Waals surface area (Å²) in [6.07, 6.45) is 9.72. The highest BCUT2D eigenvalue weighted by Crippen LogP contribution is 2.46. The molecule has 0 radical (unpaired) electrons. The van der Waals surface area contributed by atoms with Crippen LogP contribution in [0.3, 0.4) is 0 Å². The van der Waals surface area contributed by atoms with Crippen molar-refractivity contribution in [1.82, 2.24) is 15.0 Å². The second-order valence-electron chi connectivity index (χ2n) is 14.6. The first-order valence-electron chi connectivity index (χ1n) is 19.2. The molecule has 0 N–H and O–H groups in total. The van der Waals surface area contributed by atoms with Crippen LogP contribution in [-0.4, -0.2) is 15.0 Å². The maximum Gasteiger partial charge on any atom is 0.165 e. The molecule has 57 heavy (non-hydrogen) atoms. The molecule has 11 aromatic rings. The Morgan fingerprint density at radius 3 is 1.91 bits per heavy atom. The van der Waals surface area contributed by atoms with E-state index in [-0.39, 0.29) is 0 Å². The zero-order chi connectivity index (χ0) is 37.5. The molecule has 1 aliphatic carbocycles. The Labute approximate surface area is 330 Å². The number of nitrogens with zero attached hydrogens (tertiary/aromatic N) is 3. The number of furan rings is 2. The highest BCUT2D eigenvalue weighted by Gasteiger charge is 2.24. The number of rotatable bonds is 5. The predicted octanol–water partition coefficient (Wildman–Crippen LogP) is 14.3. The average Bonchev–Trinajstić information content (AvgIpc) is 3.97. The topological polar surface area (TPSA) is 65.0 Å². The quantitative estimate of drug-likeness (QED) is 0.175. The van der Waals surface area contributed by atoms with Gasteiger partial charge in [0.25, 0.3) is 0 Å². The summed E-state index contributed by atoms with van der Waals surface area (Å²) in [4.78, 5) is 16.0. The molecule has 6 heteroatoms. The van der Waals surface area contributed by atoms with Crippen LogP contribution in [0, 0.1) is 0 Å². The molecule has 4 aromatic heterocycles. The summed E-state index contributed by atoms with van der Waals surface area (Å²) >= 11 is 1.79. The van der Waals surface area contributed by atoms with Gasteiger partial charge in [0, 0.05) is 64.3 Å². The van der Waals surface area contributed by atoms with Crippen LogP contribution in [0.5, 0.6) is 0 Å². The molecule has 268 valence electrons. The summed E-state index contributed by atoms with van der Waals surface area (Å²) < 4.78 is 15.4. The fourth-order valence-electron chi connectivity index (χ4n) is 8.59. The maximum absolute atomic E-state index is 6.53. The van der Waals surface area contributed by atoms with Crippen LogP contribution in [-0.2, 0) is 0 Å². The van der Waals surface area contributed by atoms with Gasteiger partial charge in [-0.1, -0.05) is 127 Å². The Balaban J connectivity index is 1.14. The van der Waals surface area contributed by atoms with Gasteiger partial charge in [-0.2, -0.15) is 0 Å². The van der Waals surface area contributed by atoms with Crippen LogP contribution in [0.4, 0.5) is 0 Å². The van der Waals surface area contributed by atoms with E-state index in [0.717, 1.165) is 78.1 Å². The van der Waals surface area contributed by atoms with Crippen molar-refractivity contribution in [3.63, 3.8) is 0 Å². The number of fused-ring (bicyclic) bond motifs is 9. The Bertz CT molecular complexity index is 3460. The predicted molar refractivity (Wildman–Crippen MR) is 235 cm³/mol. The summed E-state index contributed by atoms with van der Waals surface area (Å²) in [5.41, 5.74) is 9.29. The van der Waals surface area contributed by atoms with Crippen LogP contribution < -0.4 is 0 Å². The van der Waals surface area contributed by atoms with Gasteiger partial charge in [-0.15, -0.1) is 11.3 Å². The van der Waals surface area contributed by atoms with Gasteiger partial charge < -0.3 is 8.83 Å². The summed E-state index contributed by atoms with van der Waals surface area (Å²) in [6, 6.07) is 50.8. The molecule has 0 aliphatic heterocycles. The summed E-state index contributed by atoms with van der Waals surface area (Å²) in [7, 11) is 0. The Kier molecular flexibility index (Phi) is 7.16. The van der Waals surface area contributed by atoms with E-state index in [4.69, 9.17) is 23.8 Å². The van der Waals surface area contributed by atoms with Crippen molar-refractivity contribution in [2.45, 2.75) is 12.3 Å². The number of benzene rings is 7. The largest absolute Gasteiger partial charge is 0.456 e. The molecule has 1 aliphatic rings. The lowest BCUT2D eigenvalue weighted by Crippen LogP contribution is -2.02. The van der Waals surface area contributed by atoms with Crippen molar-refractivity contribution in [2.24, 2.45) is 0 Å². The van der Waals surface area contributed by atoms with Crippen LogP contribution in [0.1, 0.15) is 17.9 Å². The molecule has 5 nitrogen and oxygen atoms in total. The molecule has 0 fully saturated rings. The first-order chi connectivity index (χ1) is 28.2. The number of aromatic nitrogens is 3. The smallest absolute Gasteiger partial charge is 0.165 e. The lowest BCUT2D eigenvalue weighted by molar-refractivity contribution is 0.669. The van der Waals surface area contributed by atoms with Gasteiger partial charge >= 0.3 is 0 Å². The number of allylic oxidation sites excluding steroid dienone is 4. The molecule has 1 atom stereocenters. The molecular weight excluding hydrogens is 719 g/mol. The maximum atomic E-state index is 6.53. The van der Waals surface area contributed by atoms with Crippen molar-refractivity contribution in [3.8, 4) is 45.3 Å². The minimum absolute atomic E-state index is 0.345. The second-order valence-corrected chi connectivity index (χ2v) is 15.7. The number of para-hydroxylation sites is 2. The second kappa shape index (κ2) is 12.7. The standard InChI is InChI=1S/C51H31N3O2S/c1-2-11-30(12-3-1)31-21-23-32(24-22-31)49-52-50(33-25-26-35-34-13-6-9-20-44(34)57-45(35)29-33)54-51(53-49)48-37(27-28-43-47(48)39-15-5-8-18-41(39)56-43)36-16-10-19-42-46(36)38-14-4-7-17-40(38)55-42/h1-11,13-30H,12H2. The molecule has 0 amide bonds. The molecule has 4 heterocycles. The minimum Gasteiger partial charge on any atom is -0.456 e. The number of hydrogen-bond acceptors (Lipinski definition) is 6. The zero-order valence-electron chi connectivity index (χ0n) is 30.5. The normalized spacial score (nSPS) is 14.3. The van der Waals surface area contributed by atoms with Crippen LogP contribution in [0.15, 0.2) is 179 Å². The zero-order valence-corrected chi connectivity index (χ0v) is 31.3. The molecule has 7 aromatic carbocycles. The van der Waals surface area contributed by atoms with E-state index in [0.29, 0.717) is 23.4 Å². The average molecular weight is 750 g/mol. The van der Waals surface area contributed by atoms with E-state index in [1.54, 1.807) is 11.3 Å². The fourth-order valence-corrected chi connectivity index (χ4v) is 9.74.